The van der Waals surface area contributed by atoms with Crippen LogP contribution in [0.15, 0.2) is 12.5 Å². The predicted molar refractivity (Wildman–Crippen MR) is 32.1 cm³/mol. The molecule has 2 aromatic rings. The van der Waals surface area contributed by atoms with Crippen molar-refractivity contribution in [1.29, 1.82) is 5.26 Å². The molecule has 0 aliphatic heterocycles. The van der Waals surface area contributed by atoms with Crippen LogP contribution in [0.5, 0.6) is 0 Å². The first-order valence-electron chi connectivity index (χ1n) is 2.69. The van der Waals surface area contributed by atoms with Crippen molar-refractivity contribution in [1.82, 2.24) is 19.8 Å². The van der Waals surface area contributed by atoms with Crippen molar-refractivity contribution in [2.75, 3.05) is 0 Å². The highest BCUT2D eigenvalue weighted by Gasteiger charge is 2.02. The molecule has 0 bridgehead atoms. The van der Waals surface area contributed by atoms with Gasteiger partial charge in [0.2, 0.25) is 0 Å². The Morgan fingerprint density at radius 3 is 3.40 bits per heavy atom. The van der Waals surface area contributed by atoms with Crippen LogP contribution in [0.4, 0.5) is 0 Å². The standard InChI is InChI=1S/C5H3N5/c6-1-4-2-8-10-3-7-9-5(4)10/h2-3,8H. The average Bonchev–Trinajstić information content (AvgIpc) is 2.44. The number of rotatable bonds is 0. The topological polar surface area (TPSA) is 69.8 Å². The van der Waals surface area contributed by atoms with E-state index >= 15 is 0 Å². The van der Waals surface area contributed by atoms with Gasteiger partial charge in [-0.3, -0.25) is 5.10 Å². The summed E-state index contributed by atoms with van der Waals surface area (Å²) in [5, 5.41) is 18.6. The van der Waals surface area contributed by atoms with Gasteiger partial charge >= 0.3 is 0 Å². The minimum Gasteiger partial charge on any atom is -0.297 e. The molecular weight excluding hydrogens is 130 g/mol. The summed E-state index contributed by atoms with van der Waals surface area (Å²) in [6.45, 7) is 0. The molecule has 0 unspecified atom stereocenters. The Balaban J connectivity index is 2.92. The Morgan fingerprint density at radius 1 is 1.70 bits per heavy atom. The second-order valence-corrected chi connectivity index (χ2v) is 1.82. The van der Waals surface area contributed by atoms with E-state index in [0.29, 0.717) is 11.2 Å². The Bertz CT molecular complexity index is 389. The summed E-state index contributed by atoms with van der Waals surface area (Å²) < 4.78 is 1.58. The van der Waals surface area contributed by atoms with E-state index in [1.807, 2.05) is 6.07 Å². The van der Waals surface area contributed by atoms with Crippen LogP contribution in [0.3, 0.4) is 0 Å². The van der Waals surface area contributed by atoms with Crippen LogP contribution in [0.2, 0.25) is 0 Å². The summed E-state index contributed by atoms with van der Waals surface area (Å²) in [6, 6.07) is 1.98. The van der Waals surface area contributed by atoms with Crippen molar-refractivity contribution in [2.45, 2.75) is 0 Å². The second-order valence-electron chi connectivity index (χ2n) is 1.82. The number of nitrogens with zero attached hydrogens (tertiary/aromatic N) is 4. The van der Waals surface area contributed by atoms with Crippen molar-refractivity contribution in [3.8, 4) is 6.07 Å². The maximum Gasteiger partial charge on any atom is 0.194 e. The fourth-order valence-electron chi connectivity index (χ4n) is 0.794. The van der Waals surface area contributed by atoms with Crippen molar-refractivity contribution in [3.05, 3.63) is 18.1 Å². The summed E-state index contributed by atoms with van der Waals surface area (Å²) in [4.78, 5) is 0. The van der Waals surface area contributed by atoms with E-state index in [4.69, 9.17) is 5.26 Å². The van der Waals surface area contributed by atoms with Crippen molar-refractivity contribution in [2.24, 2.45) is 0 Å². The van der Waals surface area contributed by atoms with Crippen LogP contribution in [-0.2, 0) is 0 Å². The number of nitrogens with one attached hydrogen (secondary N) is 1. The van der Waals surface area contributed by atoms with Gasteiger partial charge in [0.15, 0.2) is 5.65 Å². The molecule has 0 aromatic carbocycles. The summed E-state index contributed by atoms with van der Waals surface area (Å²) in [6.07, 6.45) is 3.10. The molecule has 5 heteroatoms. The van der Waals surface area contributed by atoms with Crippen LogP contribution in [0, 0.1) is 11.3 Å². The van der Waals surface area contributed by atoms with Gasteiger partial charge in [0.05, 0.1) is 0 Å². The molecular formula is C5H3N5. The molecule has 0 spiro atoms. The summed E-state index contributed by atoms with van der Waals surface area (Å²) >= 11 is 0. The lowest BCUT2D eigenvalue weighted by atomic mass is 10.4. The average molecular weight is 133 g/mol. The molecule has 2 rings (SSSR count). The van der Waals surface area contributed by atoms with Gasteiger partial charge < -0.3 is 0 Å². The molecule has 0 aliphatic carbocycles. The van der Waals surface area contributed by atoms with E-state index in [0.717, 1.165) is 0 Å². The lowest BCUT2D eigenvalue weighted by Gasteiger charge is -1.73. The molecule has 0 fully saturated rings. The van der Waals surface area contributed by atoms with Crippen molar-refractivity contribution >= 4 is 5.65 Å². The highest BCUT2D eigenvalue weighted by molar-refractivity contribution is 5.52. The van der Waals surface area contributed by atoms with E-state index < -0.39 is 0 Å². The number of nitriles is 1. The van der Waals surface area contributed by atoms with Crippen molar-refractivity contribution < 1.29 is 0 Å². The van der Waals surface area contributed by atoms with E-state index in [1.165, 1.54) is 6.33 Å². The summed E-state index contributed by atoms with van der Waals surface area (Å²) in [7, 11) is 0. The third kappa shape index (κ3) is 0.449. The maximum absolute atomic E-state index is 8.49. The quantitative estimate of drug-likeness (QED) is 0.546. The SMILES string of the molecule is N#Cc1c[nH]n2cnnc12. The predicted octanol–water partition coefficient (Wildman–Crippen LogP) is -0.0709. The summed E-state index contributed by atoms with van der Waals surface area (Å²) in [5.74, 6) is 0. The van der Waals surface area contributed by atoms with Crippen LogP contribution in [0.25, 0.3) is 5.65 Å². The molecule has 0 aliphatic rings. The van der Waals surface area contributed by atoms with E-state index in [9.17, 15) is 0 Å². The zero-order chi connectivity index (χ0) is 6.97. The van der Waals surface area contributed by atoms with Crippen LogP contribution >= 0.6 is 0 Å². The highest BCUT2D eigenvalue weighted by Crippen LogP contribution is 2.02. The molecule has 10 heavy (non-hydrogen) atoms. The Hall–Kier alpha value is -1.83. The molecule has 0 saturated heterocycles. The first-order chi connectivity index (χ1) is 4.92. The summed E-state index contributed by atoms with van der Waals surface area (Å²) in [5.41, 5.74) is 1.08. The minimum atomic E-state index is 0.512. The molecule has 1 N–H and O–H groups in total. The fraction of sp³-hybridized carbons (Fsp3) is 0. The maximum atomic E-state index is 8.49. The van der Waals surface area contributed by atoms with Gasteiger partial charge in [-0.25, -0.2) is 4.52 Å². The molecule has 2 aromatic heterocycles. The number of hydrogen-bond donors (Lipinski definition) is 1. The molecule has 48 valence electrons. The van der Waals surface area contributed by atoms with Crippen LogP contribution < -0.4 is 0 Å². The zero-order valence-corrected chi connectivity index (χ0v) is 4.94. The lowest BCUT2D eigenvalue weighted by Crippen LogP contribution is -1.76. The molecule has 0 saturated carbocycles. The van der Waals surface area contributed by atoms with Gasteiger partial charge in [-0.05, 0) is 0 Å². The van der Waals surface area contributed by atoms with Gasteiger partial charge in [-0.15, -0.1) is 10.2 Å². The first kappa shape index (κ1) is 4.99. The molecule has 2 heterocycles. The van der Waals surface area contributed by atoms with E-state index in [-0.39, 0.29) is 0 Å². The molecule has 5 nitrogen and oxygen atoms in total. The van der Waals surface area contributed by atoms with Gasteiger partial charge in [-0.1, -0.05) is 0 Å². The number of aromatic amines is 1. The number of H-pyrrole nitrogens is 1. The largest absolute Gasteiger partial charge is 0.297 e. The molecule has 0 atom stereocenters. The smallest absolute Gasteiger partial charge is 0.194 e. The minimum absolute atomic E-state index is 0.512. The van der Waals surface area contributed by atoms with E-state index in [1.54, 1.807) is 10.7 Å². The number of fused-ring (bicyclic) bond motifs is 1. The van der Waals surface area contributed by atoms with Crippen molar-refractivity contribution in [3.63, 3.8) is 0 Å². The number of hydrogen-bond acceptors (Lipinski definition) is 3. The van der Waals surface area contributed by atoms with Gasteiger partial charge in [-0.2, -0.15) is 5.26 Å². The monoisotopic (exact) mass is 133 g/mol. The molecule has 0 amide bonds. The number of aromatic nitrogens is 4. The van der Waals surface area contributed by atoms with Gasteiger partial charge in [0.25, 0.3) is 0 Å². The molecule has 0 radical (unpaired) electrons. The highest BCUT2D eigenvalue weighted by atomic mass is 15.3. The third-order valence-corrected chi connectivity index (χ3v) is 1.26. The van der Waals surface area contributed by atoms with Crippen LogP contribution in [0.1, 0.15) is 5.56 Å². The van der Waals surface area contributed by atoms with E-state index in [2.05, 4.69) is 15.3 Å². The Morgan fingerprint density at radius 2 is 2.60 bits per heavy atom. The Kier molecular flexibility index (Phi) is 0.786. The fourth-order valence-corrected chi connectivity index (χ4v) is 0.794. The Labute approximate surface area is 55.9 Å². The van der Waals surface area contributed by atoms with Crippen LogP contribution in [-0.4, -0.2) is 19.8 Å². The van der Waals surface area contributed by atoms with Gasteiger partial charge in [0.1, 0.15) is 18.0 Å². The third-order valence-electron chi connectivity index (χ3n) is 1.26. The lowest BCUT2D eigenvalue weighted by molar-refractivity contribution is 0.955. The zero-order valence-electron chi connectivity index (χ0n) is 4.94. The van der Waals surface area contributed by atoms with Gasteiger partial charge in [0, 0.05) is 6.20 Å². The normalized spacial score (nSPS) is 9.90. The second kappa shape index (κ2) is 1.57. The first-order valence-corrected chi connectivity index (χ1v) is 2.69.